The van der Waals surface area contributed by atoms with Gasteiger partial charge in [-0.25, -0.2) is 9.80 Å². The number of hydrogen-bond donors (Lipinski definition) is 1. The van der Waals surface area contributed by atoms with Crippen molar-refractivity contribution in [3.63, 3.8) is 0 Å². The zero-order chi connectivity index (χ0) is 28.6. The first-order chi connectivity index (χ1) is 19.0. The Morgan fingerprint density at radius 3 is 2.30 bits per heavy atom. The van der Waals surface area contributed by atoms with Gasteiger partial charge in [0, 0.05) is 13.6 Å². The lowest BCUT2D eigenvalue weighted by atomic mass is 9.88. The molecule has 40 heavy (non-hydrogen) atoms. The van der Waals surface area contributed by atoms with Gasteiger partial charge >= 0.3 is 6.09 Å². The molecule has 4 aliphatic rings. The molecule has 4 aliphatic heterocycles. The monoisotopic (exact) mass is 562 g/mol. The highest BCUT2D eigenvalue weighted by Gasteiger charge is 2.63. The average molecular weight is 563 g/mol. The van der Waals surface area contributed by atoms with Crippen molar-refractivity contribution in [2.24, 2.45) is 0 Å². The Balaban J connectivity index is 1.44. The minimum Gasteiger partial charge on any atom is -0.448 e. The summed E-state index contributed by atoms with van der Waals surface area (Å²) in [5.41, 5.74) is 1.92. The van der Waals surface area contributed by atoms with Crippen LogP contribution in [-0.2, 0) is 25.6 Å². The van der Waals surface area contributed by atoms with Crippen LogP contribution >= 0.6 is 0 Å². The van der Waals surface area contributed by atoms with E-state index in [1.54, 1.807) is 36.4 Å². The van der Waals surface area contributed by atoms with E-state index in [-0.39, 0.29) is 18.9 Å². The van der Waals surface area contributed by atoms with Gasteiger partial charge in [0.25, 0.3) is 11.8 Å². The first-order valence-electron chi connectivity index (χ1n) is 13.4. The second-order valence-corrected chi connectivity index (χ2v) is 17.1. The second-order valence-electron chi connectivity index (χ2n) is 11.5. The predicted molar refractivity (Wildman–Crippen MR) is 149 cm³/mol. The number of nitrogens with one attached hydrogen (secondary N) is 1. The van der Waals surface area contributed by atoms with E-state index in [0.717, 1.165) is 27.3 Å². The Labute approximate surface area is 234 Å². The quantitative estimate of drug-likeness (QED) is 0.315. The highest BCUT2D eigenvalue weighted by atomic mass is 28.3. The topological polar surface area (TPSA) is 108 Å². The summed E-state index contributed by atoms with van der Waals surface area (Å²) >= 11 is 0. The molecule has 11 heteroatoms. The van der Waals surface area contributed by atoms with E-state index in [0.29, 0.717) is 5.56 Å². The van der Waals surface area contributed by atoms with E-state index in [1.165, 1.54) is 5.01 Å². The number of ether oxygens (including phenoxy) is 1. The van der Waals surface area contributed by atoms with Crippen LogP contribution in [0.4, 0.5) is 4.79 Å². The highest BCUT2D eigenvalue weighted by Crippen LogP contribution is 2.40. The summed E-state index contributed by atoms with van der Waals surface area (Å²) in [6.45, 7) is 8.54. The smallest absolute Gasteiger partial charge is 0.431 e. The Hall–Kier alpha value is -3.96. The van der Waals surface area contributed by atoms with Crippen molar-refractivity contribution in [2.75, 3.05) is 6.61 Å². The molecule has 6 rings (SSSR count). The number of hydroxylamine groups is 2. The summed E-state index contributed by atoms with van der Waals surface area (Å²) < 4.78 is 5.65. The third-order valence-electron chi connectivity index (χ3n) is 7.25. The van der Waals surface area contributed by atoms with Crippen molar-refractivity contribution >= 4 is 31.9 Å². The van der Waals surface area contributed by atoms with Crippen molar-refractivity contribution in [1.29, 1.82) is 0 Å². The van der Waals surface area contributed by atoms with E-state index in [2.05, 4.69) is 25.0 Å². The van der Waals surface area contributed by atoms with Crippen LogP contribution in [0.15, 0.2) is 72.3 Å². The zero-order valence-electron chi connectivity index (χ0n) is 23.1. The van der Waals surface area contributed by atoms with Gasteiger partial charge in [-0.1, -0.05) is 68.2 Å². The maximum absolute atomic E-state index is 13.6. The zero-order valence-corrected chi connectivity index (χ0v) is 24.1. The fourth-order valence-corrected chi connectivity index (χ4v) is 5.79. The molecular weight excluding hydrogens is 528 g/mol. The molecule has 2 aromatic carbocycles. The normalized spacial score (nSPS) is 23.6. The summed E-state index contributed by atoms with van der Waals surface area (Å²) in [7, 11) is -1.50. The van der Waals surface area contributed by atoms with Crippen LogP contribution in [0.2, 0.25) is 25.7 Å². The van der Waals surface area contributed by atoms with Crippen molar-refractivity contribution in [1.82, 2.24) is 20.4 Å². The third kappa shape index (κ3) is 5.39. The average Bonchev–Trinajstić information content (AvgIpc) is 3.12. The SMILES string of the molecule is CC1=C[C@H]2N(C(=O)c3ccccc3)O[C@H]1[C@H]1[C@H](NC(=O)Cc3ccccc3)C(=O)N1N2C(=O)OCC[Si](C)(C)C. The predicted octanol–water partition coefficient (Wildman–Crippen LogP) is 3.36. The summed E-state index contributed by atoms with van der Waals surface area (Å²) in [6, 6.07) is 16.9. The fourth-order valence-electron chi connectivity index (χ4n) is 5.08. The molecule has 2 bridgehead atoms. The van der Waals surface area contributed by atoms with Gasteiger partial charge < -0.3 is 10.1 Å². The lowest BCUT2D eigenvalue weighted by Gasteiger charge is -2.50. The number of rotatable bonds is 7. The van der Waals surface area contributed by atoms with Gasteiger partial charge in [-0.3, -0.25) is 19.2 Å². The summed E-state index contributed by atoms with van der Waals surface area (Å²) in [6.07, 6.45) is -0.719. The van der Waals surface area contributed by atoms with E-state index in [1.807, 2.05) is 37.3 Å². The molecule has 0 aliphatic carbocycles. The molecule has 0 spiro atoms. The van der Waals surface area contributed by atoms with Crippen LogP contribution < -0.4 is 5.32 Å². The van der Waals surface area contributed by atoms with Crippen molar-refractivity contribution in [2.45, 2.75) is 63.4 Å². The number of nitrogens with zero attached hydrogens (tertiary/aromatic N) is 3. The minimum atomic E-state index is -1.50. The number of benzene rings is 2. The summed E-state index contributed by atoms with van der Waals surface area (Å²) in [5.74, 6) is -1.26. The molecule has 0 aromatic heterocycles. The highest BCUT2D eigenvalue weighted by molar-refractivity contribution is 6.76. The first-order valence-corrected chi connectivity index (χ1v) is 17.1. The number of hydrogen-bond acceptors (Lipinski definition) is 6. The van der Waals surface area contributed by atoms with E-state index in [4.69, 9.17) is 9.57 Å². The Morgan fingerprint density at radius 1 is 1.00 bits per heavy atom. The molecular formula is C29H34N4O6Si. The van der Waals surface area contributed by atoms with Crippen LogP contribution in [0.3, 0.4) is 0 Å². The number of carbonyl (C=O) groups is 4. The van der Waals surface area contributed by atoms with Gasteiger partial charge in [-0.15, -0.1) is 0 Å². The summed E-state index contributed by atoms with van der Waals surface area (Å²) in [5, 5.41) is 6.40. The Morgan fingerprint density at radius 2 is 1.65 bits per heavy atom. The van der Waals surface area contributed by atoms with E-state index >= 15 is 0 Å². The second kappa shape index (κ2) is 10.9. The van der Waals surface area contributed by atoms with Crippen LogP contribution in [0, 0.1) is 0 Å². The number of carbonyl (C=O) groups excluding carboxylic acids is 4. The van der Waals surface area contributed by atoms with Gasteiger partial charge in [0.05, 0.1) is 13.0 Å². The van der Waals surface area contributed by atoms with Gasteiger partial charge in [-0.05, 0) is 42.3 Å². The lowest BCUT2D eigenvalue weighted by molar-refractivity contribution is -0.185. The van der Waals surface area contributed by atoms with Crippen LogP contribution in [0.5, 0.6) is 0 Å². The maximum atomic E-state index is 13.6. The van der Waals surface area contributed by atoms with Crippen LogP contribution in [0.25, 0.3) is 0 Å². The molecule has 4 atom stereocenters. The third-order valence-corrected chi connectivity index (χ3v) is 8.95. The molecule has 4 amide bonds. The van der Waals surface area contributed by atoms with Gasteiger partial charge in [0.15, 0.2) is 6.17 Å². The standard InChI is InChI=1S/C29H34N4O6Si/c1-19-17-23-31(29(37)38-15-16-40(2,3)4)32-25(26(19)39-33(23)27(35)21-13-9-6-10-14-21)24(28(32)36)30-22(34)18-20-11-7-5-8-12-20/h5-14,17,23-26H,15-16,18H2,1-4H3,(H,30,34)/t23-,24+,25-,26-/m1/s1. The molecule has 2 saturated heterocycles. The molecule has 1 N–H and O–H groups in total. The van der Waals surface area contributed by atoms with Gasteiger partial charge in [0.1, 0.15) is 18.2 Å². The van der Waals surface area contributed by atoms with Crippen molar-refractivity contribution in [3.8, 4) is 0 Å². The number of fused-ring (bicyclic) bond motifs is 1. The van der Waals surface area contributed by atoms with E-state index < -0.39 is 50.3 Å². The molecule has 4 heterocycles. The van der Waals surface area contributed by atoms with Gasteiger partial charge in [-0.2, -0.15) is 10.1 Å². The number of amides is 4. The molecule has 210 valence electrons. The van der Waals surface area contributed by atoms with Crippen LogP contribution in [-0.4, -0.2) is 77.9 Å². The minimum absolute atomic E-state index is 0.0986. The van der Waals surface area contributed by atoms with Crippen molar-refractivity contribution < 1.29 is 28.8 Å². The number of hydrazine groups is 1. The molecule has 2 aromatic rings. The number of β-lactam (4-membered cyclic amide) rings is 1. The van der Waals surface area contributed by atoms with Crippen LogP contribution in [0.1, 0.15) is 22.8 Å². The van der Waals surface area contributed by atoms with E-state index in [9.17, 15) is 19.2 Å². The molecule has 2 fully saturated rings. The molecule has 0 radical (unpaired) electrons. The summed E-state index contributed by atoms with van der Waals surface area (Å²) in [4.78, 5) is 59.8. The molecule has 0 unspecified atom stereocenters. The lowest BCUT2D eigenvalue weighted by Crippen LogP contribution is -2.78. The first kappa shape index (κ1) is 27.6. The van der Waals surface area contributed by atoms with Crippen molar-refractivity contribution in [3.05, 3.63) is 83.4 Å². The molecule has 10 nitrogen and oxygen atoms in total. The Kier molecular flexibility index (Phi) is 7.52. The largest absolute Gasteiger partial charge is 0.448 e. The Bertz CT molecular complexity index is 1330. The fraction of sp³-hybridized carbons (Fsp3) is 0.379. The van der Waals surface area contributed by atoms with Gasteiger partial charge in [0.2, 0.25) is 5.91 Å². The maximum Gasteiger partial charge on any atom is 0.431 e. The molecule has 0 saturated carbocycles.